The molecule has 1 aromatic carbocycles. The number of anilines is 2. The number of rotatable bonds is 7. The molecule has 1 atom stereocenters. The number of amides is 1. The molecule has 1 unspecified atom stereocenters. The van der Waals surface area contributed by atoms with Gasteiger partial charge < -0.3 is 16.2 Å². The van der Waals surface area contributed by atoms with Gasteiger partial charge in [-0.25, -0.2) is 0 Å². The standard InChI is InChI=1S/C14H23N3O2/c1-3-17(8-5-9-18)11(2)14(19)16-13-7-4-6-12(15)10-13/h4,6-7,10-11,18H,3,5,8-9,15H2,1-2H3,(H,16,19). The minimum atomic E-state index is -0.238. The van der Waals surface area contributed by atoms with Crippen molar-refractivity contribution in [2.24, 2.45) is 0 Å². The zero-order valence-corrected chi connectivity index (χ0v) is 11.6. The smallest absolute Gasteiger partial charge is 0.241 e. The zero-order valence-electron chi connectivity index (χ0n) is 11.6. The molecule has 106 valence electrons. The van der Waals surface area contributed by atoms with Crippen LogP contribution in [0.5, 0.6) is 0 Å². The predicted molar refractivity (Wildman–Crippen MR) is 77.9 cm³/mol. The summed E-state index contributed by atoms with van der Waals surface area (Å²) in [5.41, 5.74) is 7.00. The molecule has 0 fully saturated rings. The predicted octanol–water partition coefficient (Wildman–Crippen LogP) is 1.30. The van der Waals surface area contributed by atoms with Gasteiger partial charge in [0.1, 0.15) is 0 Å². The highest BCUT2D eigenvalue weighted by molar-refractivity contribution is 5.94. The summed E-state index contributed by atoms with van der Waals surface area (Å²) in [4.78, 5) is 14.2. The quantitative estimate of drug-likeness (QED) is 0.649. The van der Waals surface area contributed by atoms with Gasteiger partial charge in [0.15, 0.2) is 0 Å². The van der Waals surface area contributed by atoms with Gasteiger partial charge in [0, 0.05) is 24.5 Å². The number of hydrogen-bond acceptors (Lipinski definition) is 4. The average molecular weight is 265 g/mol. The number of nitrogens with two attached hydrogens (primary N) is 1. The van der Waals surface area contributed by atoms with Gasteiger partial charge in [-0.15, -0.1) is 0 Å². The van der Waals surface area contributed by atoms with Crippen LogP contribution in [0.25, 0.3) is 0 Å². The van der Waals surface area contributed by atoms with Crippen LogP contribution in [0.15, 0.2) is 24.3 Å². The molecule has 0 radical (unpaired) electrons. The molecule has 0 saturated carbocycles. The van der Waals surface area contributed by atoms with E-state index in [0.29, 0.717) is 24.3 Å². The molecular weight excluding hydrogens is 242 g/mol. The summed E-state index contributed by atoms with van der Waals surface area (Å²) < 4.78 is 0. The van der Waals surface area contributed by atoms with Gasteiger partial charge >= 0.3 is 0 Å². The molecule has 0 aliphatic carbocycles. The van der Waals surface area contributed by atoms with E-state index in [1.807, 2.05) is 24.8 Å². The van der Waals surface area contributed by atoms with E-state index in [-0.39, 0.29) is 18.6 Å². The van der Waals surface area contributed by atoms with Crippen LogP contribution < -0.4 is 11.1 Å². The highest BCUT2D eigenvalue weighted by Gasteiger charge is 2.19. The summed E-state index contributed by atoms with van der Waals surface area (Å²) in [6.07, 6.45) is 0.670. The summed E-state index contributed by atoms with van der Waals surface area (Å²) in [7, 11) is 0. The largest absolute Gasteiger partial charge is 0.399 e. The van der Waals surface area contributed by atoms with Crippen molar-refractivity contribution < 1.29 is 9.90 Å². The summed E-state index contributed by atoms with van der Waals surface area (Å²) in [6.45, 7) is 5.48. The first-order valence-corrected chi connectivity index (χ1v) is 6.59. The fourth-order valence-electron chi connectivity index (χ4n) is 1.93. The maximum Gasteiger partial charge on any atom is 0.241 e. The Hall–Kier alpha value is -1.59. The van der Waals surface area contributed by atoms with E-state index in [9.17, 15) is 4.79 Å². The molecule has 5 nitrogen and oxygen atoms in total. The van der Waals surface area contributed by atoms with Crippen LogP contribution in [0, 0.1) is 0 Å². The molecule has 5 heteroatoms. The number of aliphatic hydroxyl groups is 1. The first-order valence-electron chi connectivity index (χ1n) is 6.59. The molecule has 0 aromatic heterocycles. The summed E-state index contributed by atoms with van der Waals surface area (Å²) >= 11 is 0. The van der Waals surface area contributed by atoms with Crippen LogP contribution in [-0.4, -0.2) is 41.7 Å². The Balaban J connectivity index is 2.60. The number of carbonyl (C=O) groups is 1. The lowest BCUT2D eigenvalue weighted by Gasteiger charge is -2.26. The molecule has 0 heterocycles. The fraction of sp³-hybridized carbons (Fsp3) is 0.500. The second-order valence-corrected chi connectivity index (χ2v) is 4.50. The summed E-state index contributed by atoms with van der Waals surface area (Å²) in [5.74, 6) is -0.0645. The number of likely N-dealkylation sites (N-methyl/N-ethyl adjacent to an activating group) is 1. The highest BCUT2D eigenvalue weighted by atomic mass is 16.3. The minimum Gasteiger partial charge on any atom is -0.399 e. The van der Waals surface area contributed by atoms with E-state index < -0.39 is 0 Å². The van der Waals surface area contributed by atoms with Crippen LogP contribution in [-0.2, 0) is 4.79 Å². The van der Waals surface area contributed by atoms with Gasteiger partial charge in [-0.2, -0.15) is 0 Å². The first kappa shape index (κ1) is 15.5. The fourth-order valence-corrected chi connectivity index (χ4v) is 1.93. The number of aliphatic hydroxyl groups excluding tert-OH is 1. The molecule has 19 heavy (non-hydrogen) atoms. The Labute approximate surface area is 114 Å². The van der Waals surface area contributed by atoms with E-state index in [2.05, 4.69) is 5.32 Å². The zero-order chi connectivity index (χ0) is 14.3. The maximum absolute atomic E-state index is 12.1. The third kappa shape index (κ3) is 4.89. The molecule has 4 N–H and O–H groups in total. The number of nitrogens with zero attached hydrogens (tertiary/aromatic N) is 1. The number of benzene rings is 1. The van der Waals surface area contributed by atoms with E-state index in [0.717, 1.165) is 6.54 Å². The molecule has 1 aromatic rings. The maximum atomic E-state index is 12.1. The van der Waals surface area contributed by atoms with E-state index in [1.54, 1.807) is 18.2 Å². The van der Waals surface area contributed by atoms with Crippen molar-refractivity contribution in [2.75, 3.05) is 30.7 Å². The van der Waals surface area contributed by atoms with Crippen LogP contribution in [0.1, 0.15) is 20.3 Å². The van der Waals surface area contributed by atoms with Gasteiger partial charge in [0.2, 0.25) is 5.91 Å². The Kier molecular flexibility index (Phi) is 6.32. The van der Waals surface area contributed by atoms with Gasteiger partial charge in [-0.1, -0.05) is 13.0 Å². The number of nitrogens with one attached hydrogen (secondary N) is 1. The van der Waals surface area contributed by atoms with Gasteiger partial charge in [-0.3, -0.25) is 9.69 Å². The van der Waals surface area contributed by atoms with Gasteiger partial charge in [0.25, 0.3) is 0 Å². The summed E-state index contributed by atoms with van der Waals surface area (Å²) in [5, 5.41) is 11.7. The molecule has 0 aliphatic heterocycles. The Morgan fingerprint density at radius 1 is 1.53 bits per heavy atom. The van der Waals surface area contributed by atoms with Gasteiger partial charge in [-0.05, 0) is 38.1 Å². The number of nitrogen functional groups attached to an aromatic ring is 1. The minimum absolute atomic E-state index is 0.0645. The van der Waals surface area contributed by atoms with Crippen molar-refractivity contribution in [1.82, 2.24) is 4.90 Å². The number of carbonyl (C=O) groups excluding carboxylic acids is 1. The summed E-state index contributed by atoms with van der Waals surface area (Å²) in [6, 6.07) is 6.88. The number of hydrogen-bond donors (Lipinski definition) is 3. The second kappa shape index (κ2) is 7.76. The van der Waals surface area contributed by atoms with Crippen molar-refractivity contribution in [1.29, 1.82) is 0 Å². The van der Waals surface area contributed by atoms with Crippen LogP contribution in [0.2, 0.25) is 0 Å². The molecule has 0 spiro atoms. The van der Waals surface area contributed by atoms with Crippen molar-refractivity contribution in [3.8, 4) is 0 Å². The van der Waals surface area contributed by atoms with E-state index in [1.165, 1.54) is 0 Å². The van der Waals surface area contributed by atoms with Crippen molar-refractivity contribution >= 4 is 17.3 Å². The van der Waals surface area contributed by atoms with Gasteiger partial charge in [0.05, 0.1) is 6.04 Å². The van der Waals surface area contributed by atoms with Crippen LogP contribution >= 0.6 is 0 Å². The second-order valence-electron chi connectivity index (χ2n) is 4.50. The molecular formula is C14H23N3O2. The Morgan fingerprint density at radius 2 is 2.26 bits per heavy atom. The highest BCUT2D eigenvalue weighted by Crippen LogP contribution is 2.13. The monoisotopic (exact) mass is 265 g/mol. The molecule has 1 rings (SSSR count). The molecule has 0 bridgehead atoms. The molecule has 0 aliphatic rings. The lowest BCUT2D eigenvalue weighted by atomic mass is 10.2. The van der Waals surface area contributed by atoms with Crippen molar-refractivity contribution in [3.63, 3.8) is 0 Å². The lowest BCUT2D eigenvalue weighted by Crippen LogP contribution is -2.42. The molecule has 1 amide bonds. The normalized spacial score (nSPS) is 12.4. The molecule has 0 saturated heterocycles. The Morgan fingerprint density at radius 3 is 2.84 bits per heavy atom. The first-order chi connectivity index (χ1) is 9.08. The third-order valence-electron chi connectivity index (χ3n) is 3.09. The third-order valence-corrected chi connectivity index (χ3v) is 3.09. The Bertz CT molecular complexity index is 409. The average Bonchev–Trinajstić information content (AvgIpc) is 2.39. The topological polar surface area (TPSA) is 78.6 Å². The van der Waals surface area contributed by atoms with E-state index >= 15 is 0 Å². The van der Waals surface area contributed by atoms with Crippen LogP contribution in [0.4, 0.5) is 11.4 Å². The lowest BCUT2D eigenvalue weighted by molar-refractivity contribution is -0.120. The van der Waals surface area contributed by atoms with Crippen molar-refractivity contribution in [2.45, 2.75) is 26.3 Å². The van der Waals surface area contributed by atoms with Crippen LogP contribution in [0.3, 0.4) is 0 Å². The SMILES string of the molecule is CCN(CCCO)C(C)C(=O)Nc1cccc(N)c1. The van der Waals surface area contributed by atoms with Crippen molar-refractivity contribution in [3.05, 3.63) is 24.3 Å². The van der Waals surface area contributed by atoms with E-state index in [4.69, 9.17) is 10.8 Å².